The van der Waals surface area contributed by atoms with Crippen LogP contribution >= 0.6 is 11.6 Å². The number of rotatable bonds is 6. The lowest BCUT2D eigenvalue weighted by Crippen LogP contribution is -2.37. The Kier molecular flexibility index (Phi) is 6.74. The molecule has 0 heterocycles. The fraction of sp³-hybridized carbons (Fsp3) is 0.385. The third-order valence-corrected chi connectivity index (χ3v) is 2.57. The molecule has 2 N–H and O–H groups in total. The van der Waals surface area contributed by atoms with Crippen molar-refractivity contribution in [2.45, 2.75) is 13.3 Å². The van der Waals surface area contributed by atoms with Crippen LogP contribution in [0.25, 0.3) is 0 Å². The molecule has 0 aliphatic heterocycles. The van der Waals surface area contributed by atoms with E-state index >= 15 is 0 Å². The van der Waals surface area contributed by atoms with E-state index in [1.807, 2.05) is 12.1 Å². The van der Waals surface area contributed by atoms with Gasteiger partial charge in [-0.2, -0.15) is 0 Å². The molecule has 0 unspecified atom stereocenters. The number of hydrogen-bond donors (Lipinski definition) is 2. The molecule has 5 nitrogen and oxygen atoms in total. The number of nitrogens with one attached hydrogen (secondary N) is 2. The van der Waals surface area contributed by atoms with Gasteiger partial charge in [0.1, 0.15) is 0 Å². The molecule has 6 heteroatoms. The monoisotopic (exact) mass is 284 g/mol. The summed E-state index contributed by atoms with van der Waals surface area (Å²) in [5.74, 6) is -0.248. The van der Waals surface area contributed by atoms with Gasteiger partial charge in [-0.05, 0) is 31.0 Å². The van der Waals surface area contributed by atoms with E-state index in [0.717, 1.165) is 5.56 Å². The van der Waals surface area contributed by atoms with Crippen molar-refractivity contribution in [3.8, 4) is 0 Å². The Labute approximate surface area is 117 Å². The molecule has 0 atom stereocenters. The summed E-state index contributed by atoms with van der Waals surface area (Å²) < 4.78 is 4.63. The minimum Gasteiger partial charge on any atom is -0.450 e. The molecule has 0 aliphatic rings. The Bertz CT molecular complexity index is 420. The average Bonchev–Trinajstić information content (AvgIpc) is 2.39. The van der Waals surface area contributed by atoms with Crippen molar-refractivity contribution in [2.75, 3.05) is 19.7 Å². The van der Waals surface area contributed by atoms with E-state index < -0.39 is 6.09 Å². The predicted molar refractivity (Wildman–Crippen MR) is 73.2 cm³/mol. The van der Waals surface area contributed by atoms with Crippen LogP contribution in [-0.4, -0.2) is 31.7 Å². The van der Waals surface area contributed by atoms with Crippen LogP contribution in [0.4, 0.5) is 4.79 Å². The quantitative estimate of drug-likeness (QED) is 0.836. The molecule has 1 aromatic carbocycles. The number of halogens is 1. The maximum Gasteiger partial charge on any atom is 0.407 e. The van der Waals surface area contributed by atoms with Crippen LogP contribution in [-0.2, 0) is 16.0 Å². The van der Waals surface area contributed by atoms with Crippen molar-refractivity contribution < 1.29 is 14.3 Å². The summed E-state index contributed by atoms with van der Waals surface area (Å²) in [6.07, 6.45) is 0.123. The first kappa shape index (κ1) is 15.3. The molecule has 0 bridgehead atoms. The average molecular weight is 285 g/mol. The highest BCUT2D eigenvalue weighted by Gasteiger charge is 2.04. The molecule has 2 amide bonds. The number of carbonyl (C=O) groups is 2. The predicted octanol–water partition coefficient (Wildman–Crippen LogP) is 1.74. The van der Waals surface area contributed by atoms with Crippen LogP contribution in [0.2, 0.25) is 5.02 Å². The van der Waals surface area contributed by atoms with Gasteiger partial charge in [0.15, 0.2) is 0 Å². The van der Waals surface area contributed by atoms with Gasteiger partial charge >= 0.3 is 6.09 Å². The van der Waals surface area contributed by atoms with Crippen LogP contribution in [0.1, 0.15) is 12.5 Å². The number of ether oxygens (including phenoxy) is 1. The standard InChI is InChI=1S/C13H17ClN2O3/c1-2-19-13(18)16-9-12(17)15-8-7-10-3-5-11(14)6-4-10/h3-6H,2,7-9H2,1H3,(H,15,17)(H,16,18). The van der Waals surface area contributed by atoms with E-state index in [1.54, 1.807) is 19.1 Å². The maximum atomic E-state index is 11.4. The largest absolute Gasteiger partial charge is 0.450 e. The van der Waals surface area contributed by atoms with E-state index in [2.05, 4.69) is 15.4 Å². The van der Waals surface area contributed by atoms with Crippen molar-refractivity contribution in [3.63, 3.8) is 0 Å². The van der Waals surface area contributed by atoms with E-state index in [9.17, 15) is 9.59 Å². The maximum absolute atomic E-state index is 11.4. The van der Waals surface area contributed by atoms with Gasteiger partial charge in [-0.15, -0.1) is 0 Å². The zero-order chi connectivity index (χ0) is 14.1. The second kappa shape index (κ2) is 8.37. The number of benzene rings is 1. The molecule has 19 heavy (non-hydrogen) atoms. The highest BCUT2D eigenvalue weighted by atomic mass is 35.5. The smallest absolute Gasteiger partial charge is 0.407 e. The molecule has 0 aliphatic carbocycles. The molecule has 0 radical (unpaired) electrons. The number of alkyl carbamates (subject to hydrolysis) is 1. The van der Waals surface area contributed by atoms with Crippen molar-refractivity contribution in [3.05, 3.63) is 34.9 Å². The van der Waals surface area contributed by atoms with Crippen molar-refractivity contribution in [1.82, 2.24) is 10.6 Å². The molecule has 0 saturated carbocycles. The Morgan fingerprint density at radius 3 is 2.53 bits per heavy atom. The van der Waals surface area contributed by atoms with Crippen LogP contribution < -0.4 is 10.6 Å². The Balaban J connectivity index is 2.16. The SMILES string of the molecule is CCOC(=O)NCC(=O)NCCc1ccc(Cl)cc1. The van der Waals surface area contributed by atoms with Crippen molar-refractivity contribution in [1.29, 1.82) is 0 Å². The normalized spacial score (nSPS) is 9.79. The highest BCUT2D eigenvalue weighted by molar-refractivity contribution is 6.30. The molecule has 1 aromatic rings. The van der Waals surface area contributed by atoms with E-state index in [1.165, 1.54) is 0 Å². The fourth-order valence-corrected chi connectivity index (χ4v) is 1.52. The van der Waals surface area contributed by atoms with Gasteiger partial charge in [0, 0.05) is 11.6 Å². The molecule has 0 spiro atoms. The van der Waals surface area contributed by atoms with Gasteiger partial charge in [-0.1, -0.05) is 23.7 Å². The van der Waals surface area contributed by atoms with E-state index in [0.29, 0.717) is 18.0 Å². The number of carbonyl (C=O) groups excluding carboxylic acids is 2. The van der Waals surface area contributed by atoms with Crippen LogP contribution in [0, 0.1) is 0 Å². The summed E-state index contributed by atoms with van der Waals surface area (Å²) in [6.45, 7) is 2.40. The molecular weight excluding hydrogens is 268 g/mol. The lowest BCUT2D eigenvalue weighted by atomic mass is 10.1. The summed E-state index contributed by atoms with van der Waals surface area (Å²) in [5.41, 5.74) is 1.09. The summed E-state index contributed by atoms with van der Waals surface area (Å²) in [5, 5.41) is 5.74. The summed E-state index contributed by atoms with van der Waals surface area (Å²) in [4.78, 5) is 22.3. The highest BCUT2D eigenvalue weighted by Crippen LogP contribution is 2.09. The fourth-order valence-electron chi connectivity index (χ4n) is 1.39. The first-order valence-corrected chi connectivity index (χ1v) is 6.41. The van der Waals surface area contributed by atoms with Crippen molar-refractivity contribution in [2.24, 2.45) is 0 Å². The Morgan fingerprint density at radius 2 is 1.89 bits per heavy atom. The molecule has 0 aromatic heterocycles. The molecule has 1 rings (SSSR count). The third-order valence-electron chi connectivity index (χ3n) is 2.32. The third kappa shape index (κ3) is 6.67. The van der Waals surface area contributed by atoms with Crippen LogP contribution in [0.15, 0.2) is 24.3 Å². The number of amides is 2. The van der Waals surface area contributed by atoms with Gasteiger partial charge < -0.3 is 15.4 Å². The lowest BCUT2D eigenvalue weighted by Gasteiger charge is -2.07. The van der Waals surface area contributed by atoms with Crippen LogP contribution in [0.5, 0.6) is 0 Å². The summed E-state index contributed by atoms with van der Waals surface area (Å²) >= 11 is 5.77. The Hall–Kier alpha value is -1.75. The van der Waals surface area contributed by atoms with Gasteiger partial charge in [-0.3, -0.25) is 4.79 Å². The molecule has 104 valence electrons. The zero-order valence-corrected chi connectivity index (χ0v) is 11.5. The Morgan fingerprint density at radius 1 is 1.21 bits per heavy atom. The first-order valence-electron chi connectivity index (χ1n) is 6.03. The molecule has 0 saturated heterocycles. The van der Waals surface area contributed by atoms with Gasteiger partial charge in [0.05, 0.1) is 13.2 Å². The summed E-state index contributed by atoms with van der Waals surface area (Å²) in [7, 11) is 0. The lowest BCUT2D eigenvalue weighted by molar-refractivity contribution is -0.120. The number of hydrogen-bond acceptors (Lipinski definition) is 3. The molecular formula is C13H17ClN2O3. The van der Waals surface area contributed by atoms with Gasteiger partial charge in [0.2, 0.25) is 5.91 Å². The summed E-state index contributed by atoms with van der Waals surface area (Å²) in [6, 6.07) is 7.43. The minimum absolute atomic E-state index is 0.0839. The van der Waals surface area contributed by atoms with Gasteiger partial charge in [-0.25, -0.2) is 4.79 Å². The first-order chi connectivity index (χ1) is 9.11. The second-order valence-electron chi connectivity index (χ2n) is 3.80. The second-order valence-corrected chi connectivity index (χ2v) is 4.24. The zero-order valence-electron chi connectivity index (χ0n) is 10.7. The van der Waals surface area contributed by atoms with Crippen LogP contribution in [0.3, 0.4) is 0 Å². The topological polar surface area (TPSA) is 67.4 Å². The minimum atomic E-state index is -0.588. The van der Waals surface area contributed by atoms with E-state index in [-0.39, 0.29) is 19.1 Å². The van der Waals surface area contributed by atoms with Gasteiger partial charge in [0.25, 0.3) is 0 Å². The molecule has 0 fully saturated rings. The van der Waals surface area contributed by atoms with Crippen molar-refractivity contribution >= 4 is 23.6 Å². The van der Waals surface area contributed by atoms with E-state index in [4.69, 9.17) is 11.6 Å².